The molecule has 2 nitrogen and oxygen atoms in total. The molecular weight excluding hydrogens is 337 g/mol. The molecule has 1 aromatic heterocycles. The highest BCUT2D eigenvalue weighted by atomic mass is 35.5. The molecule has 1 heterocycles. The third-order valence-corrected chi connectivity index (χ3v) is 4.75. The maximum Gasteiger partial charge on any atom is 0.265 e. The molecule has 0 radical (unpaired) electrons. The van der Waals surface area contributed by atoms with Crippen LogP contribution < -0.4 is 5.32 Å². The third-order valence-electron chi connectivity index (χ3n) is 3.07. The summed E-state index contributed by atoms with van der Waals surface area (Å²) in [4.78, 5) is 14.0. The smallest absolute Gasteiger partial charge is 0.265 e. The highest BCUT2D eigenvalue weighted by Crippen LogP contribution is 2.30. The Labute approximate surface area is 142 Å². The van der Waals surface area contributed by atoms with Gasteiger partial charge in [-0.2, -0.15) is 0 Å². The summed E-state index contributed by atoms with van der Waals surface area (Å²) in [5.74, 6) is -0.184. The molecule has 0 unspecified atom stereocenters. The van der Waals surface area contributed by atoms with Crippen molar-refractivity contribution in [3.8, 4) is 10.4 Å². The Morgan fingerprint density at radius 1 is 0.955 bits per heavy atom. The predicted molar refractivity (Wildman–Crippen MR) is 94.2 cm³/mol. The van der Waals surface area contributed by atoms with Crippen molar-refractivity contribution in [3.05, 3.63) is 75.6 Å². The first-order valence-electron chi connectivity index (χ1n) is 6.55. The summed E-state index contributed by atoms with van der Waals surface area (Å²) in [5, 5.41) is 3.75. The average molecular weight is 348 g/mol. The van der Waals surface area contributed by atoms with E-state index in [1.54, 1.807) is 18.2 Å². The van der Waals surface area contributed by atoms with Crippen molar-refractivity contribution in [2.75, 3.05) is 5.32 Å². The molecule has 1 N–H and O–H groups in total. The van der Waals surface area contributed by atoms with Gasteiger partial charge in [-0.15, -0.1) is 11.3 Å². The standard InChI is InChI=1S/C17H11Cl2NOS/c18-12-6-7-14(13(19)10-12)20-17(21)16-9-8-15(22-16)11-4-2-1-3-5-11/h1-10H,(H,20,21). The van der Waals surface area contributed by atoms with Gasteiger partial charge in [0.05, 0.1) is 15.6 Å². The van der Waals surface area contributed by atoms with Gasteiger partial charge in [0.25, 0.3) is 5.91 Å². The van der Waals surface area contributed by atoms with Crippen LogP contribution in [0.5, 0.6) is 0 Å². The molecule has 0 spiro atoms. The Morgan fingerprint density at radius 2 is 1.73 bits per heavy atom. The van der Waals surface area contributed by atoms with Crippen LogP contribution in [0.2, 0.25) is 10.0 Å². The molecule has 3 rings (SSSR count). The molecule has 0 saturated carbocycles. The Bertz CT molecular complexity index is 815. The summed E-state index contributed by atoms with van der Waals surface area (Å²) in [6, 6.07) is 18.7. The van der Waals surface area contributed by atoms with Gasteiger partial charge in [0.2, 0.25) is 0 Å². The van der Waals surface area contributed by atoms with Crippen LogP contribution in [0.25, 0.3) is 10.4 Å². The van der Waals surface area contributed by atoms with Crippen LogP contribution >= 0.6 is 34.5 Å². The number of nitrogens with one attached hydrogen (secondary N) is 1. The van der Waals surface area contributed by atoms with Gasteiger partial charge in [-0.1, -0.05) is 53.5 Å². The predicted octanol–water partition coefficient (Wildman–Crippen LogP) is 5.97. The summed E-state index contributed by atoms with van der Waals surface area (Å²) >= 11 is 13.4. The zero-order valence-electron chi connectivity index (χ0n) is 11.3. The van der Waals surface area contributed by atoms with Crippen LogP contribution in [-0.2, 0) is 0 Å². The lowest BCUT2D eigenvalue weighted by atomic mass is 10.2. The Morgan fingerprint density at radius 3 is 2.45 bits per heavy atom. The van der Waals surface area contributed by atoms with E-state index in [0.717, 1.165) is 10.4 Å². The second kappa shape index (κ2) is 6.53. The van der Waals surface area contributed by atoms with Crippen molar-refractivity contribution in [2.45, 2.75) is 0 Å². The van der Waals surface area contributed by atoms with Gasteiger partial charge in [0, 0.05) is 9.90 Å². The lowest BCUT2D eigenvalue weighted by Gasteiger charge is -2.06. The normalized spacial score (nSPS) is 10.5. The first-order valence-corrected chi connectivity index (χ1v) is 8.12. The van der Waals surface area contributed by atoms with Gasteiger partial charge in [0.1, 0.15) is 0 Å². The third kappa shape index (κ3) is 3.33. The quantitative estimate of drug-likeness (QED) is 0.620. The Kier molecular flexibility index (Phi) is 4.48. The summed E-state index contributed by atoms with van der Waals surface area (Å²) in [7, 11) is 0. The van der Waals surface area contributed by atoms with Crippen LogP contribution in [0.1, 0.15) is 9.67 Å². The first kappa shape index (κ1) is 15.1. The molecule has 0 aliphatic rings. The van der Waals surface area contributed by atoms with E-state index < -0.39 is 0 Å². The van der Waals surface area contributed by atoms with Gasteiger partial charge in [0.15, 0.2) is 0 Å². The molecule has 0 aliphatic heterocycles. The van der Waals surface area contributed by atoms with Crippen LogP contribution in [0.3, 0.4) is 0 Å². The Balaban J connectivity index is 1.80. The van der Waals surface area contributed by atoms with Crippen molar-refractivity contribution >= 4 is 46.1 Å². The fraction of sp³-hybridized carbons (Fsp3) is 0. The molecular formula is C17H11Cl2NOS. The van der Waals surface area contributed by atoms with Crippen LogP contribution in [0.4, 0.5) is 5.69 Å². The summed E-state index contributed by atoms with van der Waals surface area (Å²) in [6.45, 7) is 0. The number of halogens is 2. The fourth-order valence-electron chi connectivity index (χ4n) is 1.99. The topological polar surface area (TPSA) is 29.1 Å². The number of carbonyl (C=O) groups excluding carboxylic acids is 1. The molecule has 0 saturated heterocycles. The van der Waals surface area contributed by atoms with Crippen molar-refractivity contribution in [2.24, 2.45) is 0 Å². The summed E-state index contributed by atoms with van der Waals surface area (Å²) in [6.07, 6.45) is 0. The van der Waals surface area contributed by atoms with Gasteiger partial charge < -0.3 is 5.32 Å². The molecule has 5 heteroatoms. The van der Waals surface area contributed by atoms with E-state index in [2.05, 4.69) is 5.32 Å². The molecule has 3 aromatic rings. The number of anilines is 1. The minimum atomic E-state index is -0.184. The van der Waals surface area contributed by atoms with Crippen molar-refractivity contribution < 1.29 is 4.79 Å². The number of amides is 1. The van der Waals surface area contributed by atoms with E-state index in [1.807, 2.05) is 42.5 Å². The zero-order valence-corrected chi connectivity index (χ0v) is 13.7. The van der Waals surface area contributed by atoms with E-state index in [-0.39, 0.29) is 5.91 Å². The molecule has 0 bridgehead atoms. The van der Waals surface area contributed by atoms with Gasteiger partial charge >= 0.3 is 0 Å². The van der Waals surface area contributed by atoms with E-state index in [9.17, 15) is 4.79 Å². The largest absolute Gasteiger partial charge is 0.320 e. The maximum atomic E-state index is 12.3. The van der Waals surface area contributed by atoms with Crippen LogP contribution in [-0.4, -0.2) is 5.91 Å². The highest BCUT2D eigenvalue weighted by Gasteiger charge is 2.12. The molecule has 0 atom stereocenters. The monoisotopic (exact) mass is 347 g/mol. The number of benzene rings is 2. The number of thiophene rings is 1. The number of hydrogen-bond acceptors (Lipinski definition) is 2. The molecule has 2 aromatic carbocycles. The van der Waals surface area contributed by atoms with Gasteiger partial charge in [-0.05, 0) is 35.9 Å². The lowest BCUT2D eigenvalue weighted by Crippen LogP contribution is -2.10. The summed E-state index contributed by atoms with van der Waals surface area (Å²) in [5.41, 5.74) is 1.64. The fourth-order valence-corrected chi connectivity index (χ4v) is 3.35. The minimum absolute atomic E-state index is 0.184. The molecule has 0 aliphatic carbocycles. The minimum Gasteiger partial charge on any atom is -0.320 e. The number of hydrogen-bond donors (Lipinski definition) is 1. The highest BCUT2D eigenvalue weighted by molar-refractivity contribution is 7.17. The van der Waals surface area contributed by atoms with Crippen molar-refractivity contribution in [1.82, 2.24) is 0 Å². The molecule has 22 heavy (non-hydrogen) atoms. The average Bonchev–Trinajstić information content (AvgIpc) is 3.01. The lowest BCUT2D eigenvalue weighted by molar-refractivity contribution is 0.103. The number of carbonyl (C=O) groups is 1. The number of rotatable bonds is 3. The van der Waals surface area contributed by atoms with Gasteiger partial charge in [-0.3, -0.25) is 4.79 Å². The van der Waals surface area contributed by atoms with E-state index in [4.69, 9.17) is 23.2 Å². The SMILES string of the molecule is O=C(Nc1ccc(Cl)cc1Cl)c1ccc(-c2ccccc2)s1. The van der Waals surface area contributed by atoms with Crippen molar-refractivity contribution in [1.29, 1.82) is 0 Å². The molecule has 110 valence electrons. The van der Waals surface area contributed by atoms with Crippen LogP contribution in [0, 0.1) is 0 Å². The maximum absolute atomic E-state index is 12.3. The molecule has 1 amide bonds. The zero-order chi connectivity index (χ0) is 15.5. The van der Waals surface area contributed by atoms with Crippen molar-refractivity contribution in [3.63, 3.8) is 0 Å². The molecule has 0 fully saturated rings. The van der Waals surface area contributed by atoms with E-state index in [1.165, 1.54) is 11.3 Å². The first-order chi connectivity index (χ1) is 10.6. The summed E-state index contributed by atoms with van der Waals surface area (Å²) < 4.78 is 0. The van der Waals surface area contributed by atoms with E-state index >= 15 is 0 Å². The van der Waals surface area contributed by atoms with Gasteiger partial charge in [-0.25, -0.2) is 0 Å². The van der Waals surface area contributed by atoms with Crippen LogP contribution in [0.15, 0.2) is 60.7 Å². The van der Waals surface area contributed by atoms with E-state index in [0.29, 0.717) is 20.6 Å². The Hall–Kier alpha value is -1.81. The second-order valence-corrected chi connectivity index (χ2v) is 6.54. The second-order valence-electron chi connectivity index (χ2n) is 4.61.